The zero-order valence-corrected chi connectivity index (χ0v) is 21.8. The lowest BCUT2D eigenvalue weighted by Gasteiger charge is -2.32. The predicted octanol–water partition coefficient (Wildman–Crippen LogP) is 4.50. The molecule has 0 amide bonds. The van der Waals surface area contributed by atoms with Crippen LogP contribution >= 0.6 is 11.6 Å². The van der Waals surface area contributed by atoms with E-state index in [4.69, 9.17) is 16.3 Å². The first kappa shape index (κ1) is 26.5. The molecule has 4 rings (SSSR count). The van der Waals surface area contributed by atoms with Gasteiger partial charge in [0.1, 0.15) is 10.8 Å². The number of halogens is 1. The first-order valence-corrected chi connectivity index (χ1v) is 12.9. The monoisotopic (exact) mass is 546 g/mol. The van der Waals surface area contributed by atoms with Crippen molar-refractivity contribution >= 4 is 63.4 Å². The van der Waals surface area contributed by atoms with E-state index in [2.05, 4.69) is 25.5 Å². The summed E-state index contributed by atoms with van der Waals surface area (Å²) in [5.74, 6) is 0.0929. The minimum atomic E-state index is -2.21. The average molecular weight is 547 g/mol. The summed E-state index contributed by atoms with van der Waals surface area (Å²) in [7, 11) is 3.06. The Kier molecular flexibility index (Phi) is 8.31. The quantitative estimate of drug-likeness (QED) is 0.283. The number of hydrogen-bond acceptors (Lipinski definition) is 8. The van der Waals surface area contributed by atoms with Crippen molar-refractivity contribution in [3.8, 4) is 5.75 Å². The van der Waals surface area contributed by atoms with Crippen molar-refractivity contribution in [3.63, 3.8) is 0 Å². The van der Waals surface area contributed by atoms with Gasteiger partial charge >= 0.3 is 5.97 Å². The Hall–Kier alpha value is -3.61. The van der Waals surface area contributed by atoms with Crippen LogP contribution in [0.5, 0.6) is 5.75 Å². The van der Waals surface area contributed by atoms with Crippen LogP contribution in [0.1, 0.15) is 12.8 Å². The second-order valence-electron chi connectivity index (χ2n) is 8.37. The normalized spacial score (nSPS) is 14.6. The number of carboxylic acids is 1. The molecule has 196 valence electrons. The molecule has 1 unspecified atom stereocenters. The summed E-state index contributed by atoms with van der Waals surface area (Å²) < 4.78 is 27.8. The number of carbonyl (C=O) groups is 1. The molecule has 0 aliphatic carbocycles. The summed E-state index contributed by atoms with van der Waals surface area (Å²) in [6.07, 6.45) is 2.64. The standard InChI is InChI=1S/C24H27ClN6O5S/c1-30(37(34)35)20-6-4-3-5-18(20)27-22-17(25)14-26-24(29-22)28-19-8-7-16(13-21(19)36-2)31-11-9-15(10-12-31)23(32)33/h3-8,13-15H,9-12H2,1-2H3,(H,32,33)(H,34,35)(H2,26,27,28,29). The summed E-state index contributed by atoms with van der Waals surface area (Å²) in [4.78, 5) is 22.1. The molecule has 4 N–H and O–H groups in total. The molecule has 0 radical (unpaired) electrons. The maximum Gasteiger partial charge on any atom is 0.306 e. The summed E-state index contributed by atoms with van der Waals surface area (Å²) in [5.41, 5.74) is 2.59. The lowest BCUT2D eigenvalue weighted by atomic mass is 9.97. The van der Waals surface area contributed by atoms with Gasteiger partial charge in [-0.1, -0.05) is 23.7 Å². The third-order valence-corrected chi connectivity index (χ3v) is 7.06. The smallest absolute Gasteiger partial charge is 0.306 e. The highest BCUT2D eigenvalue weighted by molar-refractivity contribution is 7.80. The number of nitrogens with zero attached hydrogens (tertiary/aromatic N) is 4. The topological polar surface area (TPSA) is 140 Å². The molecule has 1 fully saturated rings. The Labute approximate surface area is 221 Å². The van der Waals surface area contributed by atoms with E-state index in [0.29, 0.717) is 54.6 Å². The Morgan fingerprint density at radius 1 is 1.19 bits per heavy atom. The molecule has 2 heterocycles. The van der Waals surface area contributed by atoms with Gasteiger partial charge in [-0.25, -0.2) is 9.19 Å². The highest BCUT2D eigenvalue weighted by atomic mass is 35.5. The number of aromatic nitrogens is 2. The van der Waals surface area contributed by atoms with Gasteiger partial charge < -0.3 is 25.4 Å². The summed E-state index contributed by atoms with van der Waals surface area (Å²) in [6.45, 7) is 1.31. The highest BCUT2D eigenvalue weighted by Gasteiger charge is 2.25. The van der Waals surface area contributed by atoms with Gasteiger partial charge in [-0.3, -0.25) is 13.7 Å². The average Bonchev–Trinajstić information content (AvgIpc) is 2.90. The van der Waals surface area contributed by atoms with Crippen LogP contribution in [0.2, 0.25) is 5.02 Å². The fourth-order valence-electron chi connectivity index (χ4n) is 4.07. The number of ether oxygens (including phenoxy) is 1. The molecule has 1 saturated heterocycles. The molecule has 13 heteroatoms. The third-order valence-electron chi connectivity index (χ3n) is 6.12. The van der Waals surface area contributed by atoms with Crippen LogP contribution in [0, 0.1) is 5.92 Å². The molecule has 3 aromatic rings. The van der Waals surface area contributed by atoms with Gasteiger partial charge in [0.25, 0.3) is 11.3 Å². The van der Waals surface area contributed by atoms with Gasteiger partial charge in [0, 0.05) is 31.9 Å². The summed E-state index contributed by atoms with van der Waals surface area (Å²) >= 11 is 4.13. The van der Waals surface area contributed by atoms with Gasteiger partial charge in [0.15, 0.2) is 5.82 Å². The number of hydrogen-bond donors (Lipinski definition) is 4. The van der Waals surface area contributed by atoms with E-state index in [1.807, 2.05) is 18.2 Å². The van der Waals surface area contributed by atoms with E-state index in [-0.39, 0.29) is 16.9 Å². The van der Waals surface area contributed by atoms with Gasteiger partial charge in [0.05, 0.1) is 36.3 Å². The maximum atomic E-state index is 11.6. The predicted molar refractivity (Wildman–Crippen MR) is 145 cm³/mol. The van der Waals surface area contributed by atoms with Crippen molar-refractivity contribution in [1.82, 2.24) is 9.97 Å². The number of nitrogens with one attached hydrogen (secondary N) is 2. The SMILES string of the molecule is COc1cc(N2CCC(C(=O)O)CC2)ccc1Nc1ncc(Cl)c(Nc2ccccc2N(C)S(=O)O)n1. The van der Waals surface area contributed by atoms with Crippen LogP contribution in [0.4, 0.5) is 34.5 Å². The Morgan fingerprint density at radius 3 is 2.59 bits per heavy atom. The van der Waals surface area contributed by atoms with Crippen molar-refractivity contribution in [2.24, 2.45) is 5.92 Å². The third kappa shape index (κ3) is 6.21. The molecule has 1 aliphatic heterocycles. The Morgan fingerprint density at radius 2 is 1.92 bits per heavy atom. The van der Waals surface area contributed by atoms with Crippen molar-refractivity contribution in [1.29, 1.82) is 0 Å². The second-order valence-corrected chi connectivity index (χ2v) is 9.79. The van der Waals surface area contributed by atoms with Crippen LogP contribution < -0.4 is 24.6 Å². The largest absolute Gasteiger partial charge is 0.494 e. The van der Waals surface area contributed by atoms with Crippen LogP contribution in [-0.4, -0.2) is 57.1 Å². The number of rotatable bonds is 9. The van der Waals surface area contributed by atoms with Gasteiger partial charge in [-0.05, 0) is 37.1 Å². The second kappa shape index (κ2) is 11.6. The molecule has 37 heavy (non-hydrogen) atoms. The zero-order chi connectivity index (χ0) is 26.5. The first-order valence-electron chi connectivity index (χ1n) is 11.4. The minimum Gasteiger partial charge on any atom is -0.494 e. The van der Waals surface area contributed by atoms with Crippen LogP contribution in [0.15, 0.2) is 48.7 Å². The molecule has 1 aliphatic rings. The molecule has 0 bridgehead atoms. The molecular formula is C24H27ClN6O5S. The minimum absolute atomic E-state index is 0.261. The van der Waals surface area contributed by atoms with E-state index in [1.54, 1.807) is 31.4 Å². The van der Waals surface area contributed by atoms with Gasteiger partial charge in [-0.2, -0.15) is 4.98 Å². The van der Waals surface area contributed by atoms with Crippen LogP contribution in [0.25, 0.3) is 0 Å². The van der Waals surface area contributed by atoms with Crippen LogP contribution in [0.3, 0.4) is 0 Å². The van der Waals surface area contributed by atoms with Crippen molar-refractivity contribution < 1.29 is 23.4 Å². The van der Waals surface area contributed by atoms with E-state index in [0.717, 1.165) is 5.69 Å². The van der Waals surface area contributed by atoms with E-state index in [9.17, 15) is 18.7 Å². The Bertz CT molecular complexity index is 1300. The van der Waals surface area contributed by atoms with E-state index >= 15 is 0 Å². The molecule has 0 spiro atoms. The zero-order valence-electron chi connectivity index (χ0n) is 20.2. The number of anilines is 6. The van der Waals surface area contributed by atoms with E-state index < -0.39 is 17.2 Å². The lowest BCUT2D eigenvalue weighted by Crippen LogP contribution is -2.36. The molecule has 1 atom stereocenters. The fraction of sp³-hybridized carbons (Fsp3) is 0.292. The van der Waals surface area contributed by atoms with Gasteiger partial charge in [0.2, 0.25) is 5.95 Å². The van der Waals surface area contributed by atoms with Gasteiger partial charge in [-0.15, -0.1) is 0 Å². The molecule has 1 aromatic heterocycles. The number of carboxylic acid groups (broad SMARTS) is 1. The van der Waals surface area contributed by atoms with Crippen molar-refractivity contribution in [2.45, 2.75) is 12.8 Å². The van der Waals surface area contributed by atoms with Crippen LogP contribution in [-0.2, 0) is 16.1 Å². The lowest BCUT2D eigenvalue weighted by molar-refractivity contribution is -0.142. The number of piperidine rings is 1. The summed E-state index contributed by atoms with van der Waals surface area (Å²) in [5, 5.41) is 15.7. The molecular weight excluding hydrogens is 520 g/mol. The maximum absolute atomic E-state index is 11.6. The highest BCUT2D eigenvalue weighted by Crippen LogP contribution is 2.35. The molecule has 11 nitrogen and oxygen atoms in total. The fourth-order valence-corrected chi connectivity index (χ4v) is 4.53. The Balaban J connectivity index is 1.53. The molecule has 2 aromatic carbocycles. The molecule has 0 saturated carbocycles. The number of aliphatic carboxylic acids is 1. The summed E-state index contributed by atoms with van der Waals surface area (Å²) in [6, 6.07) is 12.6. The van der Waals surface area contributed by atoms with E-state index in [1.165, 1.54) is 17.5 Å². The van der Waals surface area contributed by atoms with Crippen molar-refractivity contribution in [3.05, 3.63) is 53.7 Å². The number of benzene rings is 2. The number of methoxy groups -OCH3 is 1. The van der Waals surface area contributed by atoms with Crippen molar-refractivity contribution in [2.75, 3.05) is 47.1 Å². The first-order chi connectivity index (χ1) is 17.8. The number of para-hydroxylation sites is 2.